The minimum Gasteiger partial charge on any atom is -0.444 e. The van der Waals surface area contributed by atoms with Crippen LogP contribution in [0, 0.1) is 6.92 Å². The van der Waals surface area contributed by atoms with Crippen molar-refractivity contribution >= 4 is 29.4 Å². The van der Waals surface area contributed by atoms with Crippen molar-refractivity contribution in [1.82, 2.24) is 19.7 Å². The fourth-order valence-corrected chi connectivity index (χ4v) is 3.69. The van der Waals surface area contributed by atoms with Crippen molar-refractivity contribution in [2.45, 2.75) is 45.0 Å². The molecule has 0 saturated heterocycles. The molecule has 0 bridgehead atoms. The maximum atomic E-state index is 12.5. The molecule has 0 spiro atoms. The number of ether oxygens (including phenoxy) is 1. The van der Waals surface area contributed by atoms with Crippen LogP contribution < -0.4 is 5.32 Å². The smallest absolute Gasteiger partial charge is 0.410 e. The third-order valence-electron chi connectivity index (χ3n) is 4.50. The van der Waals surface area contributed by atoms with Gasteiger partial charge in [0, 0.05) is 25.0 Å². The predicted octanol–water partition coefficient (Wildman–Crippen LogP) is 4.67. The molecule has 3 aromatic rings. The Morgan fingerprint density at radius 1 is 1.15 bits per heavy atom. The van der Waals surface area contributed by atoms with E-state index in [4.69, 9.17) is 4.74 Å². The summed E-state index contributed by atoms with van der Waals surface area (Å²) in [5.74, 6) is 0.0307. The van der Waals surface area contributed by atoms with E-state index in [0.717, 1.165) is 11.3 Å². The summed E-state index contributed by atoms with van der Waals surface area (Å²) in [5, 5.41) is 11.6. The summed E-state index contributed by atoms with van der Waals surface area (Å²) in [4.78, 5) is 26.2. The van der Waals surface area contributed by atoms with Gasteiger partial charge in [-0.1, -0.05) is 41.6 Å². The average molecular weight is 468 g/mol. The van der Waals surface area contributed by atoms with Gasteiger partial charge in [0.2, 0.25) is 5.91 Å². The third kappa shape index (κ3) is 7.35. The Morgan fingerprint density at radius 3 is 2.58 bits per heavy atom. The van der Waals surface area contributed by atoms with Crippen molar-refractivity contribution < 1.29 is 14.3 Å². The number of carbonyl (C=O) groups is 2. The molecule has 0 aliphatic rings. The maximum Gasteiger partial charge on any atom is 0.410 e. The molecule has 1 heterocycles. The van der Waals surface area contributed by atoms with Crippen LogP contribution in [0.2, 0.25) is 0 Å². The normalized spacial score (nSPS) is 11.2. The van der Waals surface area contributed by atoms with Gasteiger partial charge in [0.1, 0.15) is 11.9 Å². The number of amides is 2. The fourth-order valence-electron chi connectivity index (χ4n) is 2.96. The standard InChI is InChI=1S/C24H29N5O3S/c1-17-9-11-20(12-10-17)29-16-25-27-22(29)33-15-21(30)26-19-8-6-7-18(13-19)14-28(5)23(31)32-24(2,3)4/h6-13,16H,14-15H2,1-5H3,(H,26,30). The van der Waals surface area contributed by atoms with E-state index in [2.05, 4.69) is 15.5 Å². The zero-order valence-corrected chi connectivity index (χ0v) is 20.3. The van der Waals surface area contributed by atoms with Crippen LogP contribution in [0.25, 0.3) is 5.69 Å². The number of carbonyl (C=O) groups excluding carboxylic acids is 2. The molecule has 3 rings (SSSR count). The van der Waals surface area contributed by atoms with Gasteiger partial charge in [-0.15, -0.1) is 10.2 Å². The number of aromatic nitrogens is 3. The molecular formula is C24H29N5O3S. The summed E-state index contributed by atoms with van der Waals surface area (Å²) in [6, 6.07) is 15.4. The molecule has 2 aromatic carbocycles. The van der Waals surface area contributed by atoms with Gasteiger partial charge in [-0.2, -0.15) is 0 Å². The number of aryl methyl sites for hydroxylation is 1. The Kier molecular flexibility index (Phi) is 7.75. The van der Waals surface area contributed by atoms with Gasteiger partial charge in [-0.3, -0.25) is 9.36 Å². The topological polar surface area (TPSA) is 89.4 Å². The van der Waals surface area contributed by atoms with Crippen LogP contribution in [0.15, 0.2) is 60.0 Å². The Labute approximate surface area is 198 Å². The number of hydrogen-bond donors (Lipinski definition) is 1. The summed E-state index contributed by atoms with van der Waals surface area (Å²) < 4.78 is 7.23. The SMILES string of the molecule is Cc1ccc(-n2cnnc2SCC(=O)Nc2cccc(CN(C)C(=O)OC(C)(C)C)c2)cc1. The number of nitrogens with one attached hydrogen (secondary N) is 1. The Hall–Kier alpha value is -3.33. The van der Waals surface area contributed by atoms with Crippen LogP contribution >= 0.6 is 11.8 Å². The lowest BCUT2D eigenvalue weighted by atomic mass is 10.2. The molecule has 0 aliphatic carbocycles. The third-order valence-corrected chi connectivity index (χ3v) is 5.44. The number of rotatable bonds is 7. The summed E-state index contributed by atoms with van der Waals surface area (Å²) in [5.41, 5.74) is 3.10. The molecule has 33 heavy (non-hydrogen) atoms. The lowest BCUT2D eigenvalue weighted by molar-refractivity contribution is -0.113. The highest BCUT2D eigenvalue weighted by Gasteiger charge is 2.19. The lowest BCUT2D eigenvalue weighted by Crippen LogP contribution is -2.33. The highest BCUT2D eigenvalue weighted by molar-refractivity contribution is 7.99. The first-order chi connectivity index (χ1) is 15.6. The van der Waals surface area contributed by atoms with Crippen LogP contribution in [0.5, 0.6) is 0 Å². The molecular weight excluding hydrogens is 438 g/mol. The molecule has 9 heteroatoms. The van der Waals surface area contributed by atoms with Crippen LogP contribution in [-0.4, -0.2) is 50.1 Å². The zero-order valence-electron chi connectivity index (χ0n) is 19.5. The monoisotopic (exact) mass is 467 g/mol. The zero-order chi connectivity index (χ0) is 24.0. The van der Waals surface area contributed by atoms with E-state index in [0.29, 0.717) is 17.4 Å². The average Bonchev–Trinajstić information content (AvgIpc) is 3.20. The second-order valence-electron chi connectivity index (χ2n) is 8.69. The number of thioether (sulfide) groups is 1. The van der Waals surface area contributed by atoms with Gasteiger partial charge in [-0.25, -0.2) is 4.79 Å². The Balaban J connectivity index is 1.56. The predicted molar refractivity (Wildman–Crippen MR) is 130 cm³/mol. The number of hydrogen-bond acceptors (Lipinski definition) is 6. The van der Waals surface area contributed by atoms with Gasteiger partial charge in [0.05, 0.1) is 5.75 Å². The molecule has 0 atom stereocenters. The van der Waals surface area contributed by atoms with Crippen LogP contribution in [0.4, 0.5) is 10.5 Å². The minimum atomic E-state index is -0.553. The number of benzene rings is 2. The number of anilines is 1. The van der Waals surface area contributed by atoms with Gasteiger partial charge in [-0.05, 0) is 57.5 Å². The first-order valence-electron chi connectivity index (χ1n) is 10.5. The molecule has 2 amide bonds. The van der Waals surface area contributed by atoms with Crippen LogP contribution in [0.1, 0.15) is 31.9 Å². The fraction of sp³-hybridized carbons (Fsp3) is 0.333. The molecule has 0 fully saturated rings. The second-order valence-corrected chi connectivity index (χ2v) is 9.64. The molecule has 1 aromatic heterocycles. The summed E-state index contributed by atoms with van der Waals surface area (Å²) in [7, 11) is 1.68. The highest BCUT2D eigenvalue weighted by atomic mass is 32.2. The van der Waals surface area contributed by atoms with E-state index in [1.807, 2.05) is 80.8 Å². The van der Waals surface area contributed by atoms with E-state index >= 15 is 0 Å². The molecule has 0 unspecified atom stereocenters. The largest absolute Gasteiger partial charge is 0.444 e. The Morgan fingerprint density at radius 2 is 1.88 bits per heavy atom. The van der Waals surface area contributed by atoms with Crippen molar-refractivity contribution in [2.75, 3.05) is 18.1 Å². The van der Waals surface area contributed by atoms with Crippen molar-refractivity contribution in [3.8, 4) is 5.69 Å². The van der Waals surface area contributed by atoms with E-state index in [9.17, 15) is 9.59 Å². The second kappa shape index (κ2) is 10.5. The molecule has 0 saturated carbocycles. The summed E-state index contributed by atoms with van der Waals surface area (Å²) in [6.45, 7) is 7.88. The van der Waals surface area contributed by atoms with E-state index in [1.54, 1.807) is 13.4 Å². The Bertz CT molecular complexity index is 1110. The molecule has 0 radical (unpaired) electrons. The van der Waals surface area contributed by atoms with E-state index in [-0.39, 0.29) is 11.7 Å². The first-order valence-corrected chi connectivity index (χ1v) is 11.5. The number of nitrogens with zero attached hydrogens (tertiary/aromatic N) is 4. The first kappa shape index (κ1) is 24.3. The van der Waals surface area contributed by atoms with Crippen molar-refractivity contribution in [3.63, 3.8) is 0 Å². The molecule has 8 nitrogen and oxygen atoms in total. The van der Waals surface area contributed by atoms with Gasteiger partial charge in [0.25, 0.3) is 0 Å². The summed E-state index contributed by atoms with van der Waals surface area (Å²) in [6.07, 6.45) is 1.24. The van der Waals surface area contributed by atoms with E-state index in [1.165, 1.54) is 22.2 Å². The van der Waals surface area contributed by atoms with Gasteiger partial charge < -0.3 is 15.0 Å². The van der Waals surface area contributed by atoms with Crippen molar-refractivity contribution in [2.24, 2.45) is 0 Å². The summed E-state index contributed by atoms with van der Waals surface area (Å²) >= 11 is 1.31. The molecule has 0 aliphatic heterocycles. The minimum absolute atomic E-state index is 0.156. The highest BCUT2D eigenvalue weighted by Crippen LogP contribution is 2.21. The van der Waals surface area contributed by atoms with E-state index < -0.39 is 11.7 Å². The quantitative estimate of drug-likeness (QED) is 0.508. The van der Waals surface area contributed by atoms with Crippen LogP contribution in [-0.2, 0) is 16.1 Å². The van der Waals surface area contributed by atoms with Crippen LogP contribution in [0.3, 0.4) is 0 Å². The van der Waals surface area contributed by atoms with Crippen molar-refractivity contribution in [1.29, 1.82) is 0 Å². The van der Waals surface area contributed by atoms with Gasteiger partial charge in [0.15, 0.2) is 5.16 Å². The lowest BCUT2D eigenvalue weighted by Gasteiger charge is -2.24. The van der Waals surface area contributed by atoms with Crippen molar-refractivity contribution in [3.05, 3.63) is 66.0 Å². The molecule has 1 N–H and O–H groups in total. The molecule has 174 valence electrons. The van der Waals surface area contributed by atoms with Gasteiger partial charge >= 0.3 is 6.09 Å². The maximum absolute atomic E-state index is 12.5.